The quantitative estimate of drug-likeness (QED) is 0.488. The molecule has 0 radical (unpaired) electrons. The monoisotopic (exact) mass is 423 g/mol. The molecule has 0 spiro atoms. The summed E-state index contributed by atoms with van der Waals surface area (Å²) < 4.78 is 0. The molecule has 3 aromatic carbocycles. The molecule has 3 heteroatoms. The Morgan fingerprint density at radius 2 is 1.12 bits per heavy atom. The molecule has 1 nitrogen and oxygen atoms in total. The van der Waals surface area contributed by atoms with E-state index in [2.05, 4.69) is 113 Å². The van der Waals surface area contributed by atoms with E-state index in [1.54, 1.807) is 0 Å². The molecule has 0 saturated carbocycles. The second-order valence-corrected chi connectivity index (χ2v) is 15.8. The first-order chi connectivity index (χ1) is 12.6. The summed E-state index contributed by atoms with van der Waals surface area (Å²) in [5, 5.41) is 10.4. The van der Waals surface area contributed by atoms with E-state index in [-0.39, 0.29) is 5.92 Å². The van der Waals surface area contributed by atoms with Gasteiger partial charge in [-0.15, -0.1) is 0 Å². The Bertz CT molecular complexity index is 788. The summed E-state index contributed by atoms with van der Waals surface area (Å²) >= 11 is 4.40. The van der Waals surface area contributed by atoms with Crippen LogP contribution < -0.4 is 15.9 Å². The van der Waals surface area contributed by atoms with Crippen molar-refractivity contribution < 1.29 is 0 Å². The molecular formula is C23H23BrNP. The van der Waals surface area contributed by atoms with E-state index in [9.17, 15) is 5.26 Å². The van der Waals surface area contributed by atoms with Crippen molar-refractivity contribution in [2.75, 3.05) is 6.16 Å². The summed E-state index contributed by atoms with van der Waals surface area (Å²) in [5.74, 6) is 0.0187. The van der Waals surface area contributed by atoms with Crippen molar-refractivity contribution in [3.05, 3.63) is 91.0 Å². The fourth-order valence-corrected chi connectivity index (χ4v) is 11.2. The number of halogens is 1. The second-order valence-electron chi connectivity index (χ2n) is 6.73. The molecule has 0 aliphatic carbocycles. The van der Waals surface area contributed by atoms with Gasteiger partial charge in [0, 0.05) is 0 Å². The Kier molecular flexibility index (Phi) is 5.61. The summed E-state index contributed by atoms with van der Waals surface area (Å²) in [6.07, 6.45) is 1.76. The fraction of sp³-hybridized carbons (Fsp3) is 0.174. The maximum atomic E-state index is 9.38. The number of rotatable bonds is 6. The van der Waals surface area contributed by atoms with Crippen LogP contribution in [-0.2, 0) is 0 Å². The number of hydrogen-bond acceptors (Lipinski definition) is 1. The number of nitriles is 1. The van der Waals surface area contributed by atoms with E-state index < -0.39 is 5.31 Å². The molecule has 0 aromatic heterocycles. The topological polar surface area (TPSA) is 23.8 Å². The average molecular weight is 424 g/mol. The van der Waals surface area contributed by atoms with Crippen molar-refractivity contribution in [1.82, 2.24) is 0 Å². The predicted octanol–water partition coefficient (Wildman–Crippen LogP) is 5.38. The summed E-state index contributed by atoms with van der Waals surface area (Å²) in [4.78, 5) is 0. The molecule has 3 rings (SSSR count). The third-order valence-corrected chi connectivity index (χ3v) is 15.1. The third-order valence-electron chi connectivity index (χ3n) is 5.09. The van der Waals surface area contributed by atoms with Crippen LogP contribution in [0.15, 0.2) is 91.0 Å². The van der Waals surface area contributed by atoms with E-state index in [1.165, 1.54) is 15.9 Å². The van der Waals surface area contributed by atoms with Crippen LogP contribution in [0.1, 0.15) is 13.3 Å². The van der Waals surface area contributed by atoms with Crippen LogP contribution in [0.3, 0.4) is 0 Å². The third kappa shape index (κ3) is 3.23. The average Bonchev–Trinajstić information content (AvgIpc) is 2.74. The zero-order valence-corrected chi connectivity index (χ0v) is 17.4. The van der Waals surface area contributed by atoms with E-state index in [4.69, 9.17) is 0 Å². The van der Waals surface area contributed by atoms with Gasteiger partial charge in [0.05, 0.1) is 0 Å². The summed E-state index contributed by atoms with van der Waals surface area (Å²) in [5.41, 5.74) is 0. The fourth-order valence-electron chi connectivity index (χ4n) is 3.55. The van der Waals surface area contributed by atoms with Gasteiger partial charge in [0.15, 0.2) is 0 Å². The van der Waals surface area contributed by atoms with Gasteiger partial charge < -0.3 is 0 Å². The zero-order chi connectivity index (χ0) is 18.5. The second kappa shape index (κ2) is 7.75. The van der Waals surface area contributed by atoms with Crippen molar-refractivity contribution >= 4 is 36.7 Å². The molecule has 26 heavy (non-hydrogen) atoms. The van der Waals surface area contributed by atoms with Crippen LogP contribution in [0.25, 0.3) is 0 Å². The van der Waals surface area contributed by atoms with E-state index in [1.807, 2.05) is 6.92 Å². The molecular weight excluding hydrogens is 401 g/mol. The molecule has 0 saturated heterocycles. The van der Waals surface area contributed by atoms with Gasteiger partial charge in [-0.3, -0.25) is 0 Å². The van der Waals surface area contributed by atoms with Crippen LogP contribution in [0.5, 0.6) is 0 Å². The number of hydrogen-bond donors (Lipinski definition) is 0. The molecule has 0 aliphatic heterocycles. The molecule has 1 unspecified atom stereocenters. The van der Waals surface area contributed by atoms with Crippen molar-refractivity contribution in [1.29, 1.82) is 5.26 Å². The zero-order valence-electron chi connectivity index (χ0n) is 14.9. The first-order valence-electron chi connectivity index (χ1n) is 8.89. The van der Waals surface area contributed by atoms with Gasteiger partial charge in [-0.05, 0) is 0 Å². The minimum absolute atomic E-state index is 0.0187. The standard InChI is InChI=1S/C23H23BrNP/c1-20(19-25)17-18-26(24,21-11-5-2-6-12-21,22-13-7-3-8-14-22)23-15-9-4-10-16-23/h2-16,20H,17-18H2,1H3. The molecule has 3 aromatic rings. The van der Waals surface area contributed by atoms with Crippen LogP contribution in [0.4, 0.5) is 0 Å². The van der Waals surface area contributed by atoms with E-state index in [0.717, 1.165) is 12.6 Å². The van der Waals surface area contributed by atoms with Gasteiger partial charge in [-0.25, -0.2) is 0 Å². The normalized spacial score (nSPS) is 14.0. The van der Waals surface area contributed by atoms with Gasteiger partial charge in [-0.2, -0.15) is 0 Å². The number of benzene rings is 3. The molecule has 132 valence electrons. The van der Waals surface area contributed by atoms with E-state index >= 15 is 0 Å². The Balaban J connectivity index is 2.34. The number of nitrogens with zero attached hydrogens (tertiary/aromatic N) is 1. The van der Waals surface area contributed by atoms with Gasteiger partial charge in [0.2, 0.25) is 0 Å². The van der Waals surface area contributed by atoms with Crippen LogP contribution in [0, 0.1) is 17.2 Å². The van der Waals surface area contributed by atoms with Gasteiger partial charge in [0.1, 0.15) is 0 Å². The Morgan fingerprint density at radius 1 is 0.769 bits per heavy atom. The summed E-state index contributed by atoms with van der Waals surface area (Å²) in [6, 6.07) is 34.6. The Hall–Kier alpha value is -1.94. The predicted molar refractivity (Wildman–Crippen MR) is 118 cm³/mol. The first kappa shape index (κ1) is 18.8. The summed E-state index contributed by atoms with van der Waals surface area (Å²) in [6.45, 7) is 2.01. The molecule has 1 atom stereocenters. The Labute approximate surface area is 164 Å². The molecule has 0 N–H and O–H groups in total. The van der Waals surface area contributed by atoms with Crippen molar-refractivity contribution in [2.45, 2.75) is 13.3 Å². The van der Waals surface area contributed by atoms with Crippen LogP contribution in [-0.4, -0.2) is 6.16 Å². The van der Waals surface area contributed by atoms with Gasteiger partial charge in [0.25, 0.3) is 0 Å². The van der Waals surface area contributed by atoms with Crippen molar-refractivity contribution in [3.8, 4) is 6.07 Å². The molecule has 0 heterocycles. The van der Waals surface area contributed by atoms with Gasteiger partial charge in [-0.1, -0.05) is 0 Å². The molecule has 0 amide bonds. The van der Waals surface area contributed by atoms with Crippen LogP contribution >= 0.6 is 20.8 Å². The first-order valence-corrected chi connectivity index (χ1v) is 13.3. The minimum atomic E-state index is -2.85. The SMILES string of the molecule is CC(C#N)CCP(Br)(c1ccccc1)(c1ccccc1)c1ccccc1. The van der Waals surface area contributed by atoms with Crippen LogP contribution in [0.2, 0.25) is 0 Å². The molecule has 0 bridgehead atoms. The maximum absolute atomic E-state index is 9.38. The molecule has 0 aliphatic rings. The van der Waals surface area contributed by atoms with Crippen molar-refractivity contribution in [3.63, 3.8) is 0 Å². The summed E-state index contributed by atoms with van der Waals surface area (Å²) in [7, 11) is 0. The van der Waals surface area contributed by atoms with E-state index in [0.29, 0.717) is 0 Å². The Morgan fingerprint density at radius 3 is 1.42 bits per heavy atom. The van der Waals surface area contributed by atoms with Crippen molar-refractivity contribution in [2.24, 2.45) is 5.92 Å². The molecule has 0 fully saturated rings. The van der Waals surface area contributed by atoms with Gasteiger partial charge >= 0.3 is 164 Å².